The fraction of sp³-hybridized carbons (Fsp3) is 0.211. The minimum atomic E-state index is -0.320. The Labute approximate surface area is 145 Å². The largest absolute Gasteiger partial charge is 0.343 e. The van der Waals surface area contributed by atoms with Crippen molar-refractivity contribution in [3.05, 3.63) is 60.2 Å². The third kappa shape index (κ3) is 4.91. The first-order valence-corrected chi connectivity index (χ1v) is 8.16. The summed E-state index contributed by atoms with van der Waals surface area (Å²) in [5.41, 5.74) is 1.81. The van der Waals surface area contributed by atoms with Crippen LogP contribution in [0.5, 0.6) is 0 Å². The second-order valence-corrected chi connectivity index (χ2v) is 5.94. The highest BCUT2D eigenvalue weighted by atomic mass is 16.2. The molecule has 1 saturated carbocycles. The first-order chi connectivity index (χ1) is 12.1. The third-order valence-corrected chi connectivity index (χ3v) is 3.83. The maximum absolute atomic E-state index is 11.9. The van der Waals surface area contributed by atoms with E-state index < -0.39 is 0 Å². The second kappa shape index (κ2) is 7.61. The third-order valence-electron chi connectivity index (χ3n) is 3.83. The summed E-state index contributed by atoms with van der Waals surface area (Å²) in [5.74, 6) is -0.430. The molecule has 0 bridgehead atoms. The molecule has 0 radical (unpaired) electrons. The van der Waals surface area contributed by atoms with Crippen LogP contribution in [0.1, 0.15) is 23.2 Å². The highest BCUT2D eigenvalue weighted by Crippen LogP contribution is 2.30. The van der Waals surface area contributed by atoms with Gasteiger partial charge in [-0.25, -0.2) is 0 Å². The second-order valence-electron chi connectivity index (χ2n) is 5.94. The van der Waals surface area contributed by atoms with E-state index in [0.717, 1.165) is 12.8 Å². The molecule has 0 saturated heterocycles. The van der Waals surface area contributed by atoms with Gasteiger partial charge in [0.2, 0.25) is 11.8 Å². The van der Waals surface area contributed by atoms with Gasteiger partial charge in [0.25, 0.3) is 5.91 Å². The zero-order valence-electron chi connectivity index (χ0n) is 13.6. The van der Waals surface area contributed by atoms with Crippen molar-refractivity contribution in [1.29, 1.82) is 0 Å². The number of carbonyl (C=O) groups excluding carboxylic acids is 3. The van der Waals surface area contributed by atoms with Crippen molar-refractivity contribution >= 4 is 29.1 Å². The fourth-order valence-electron chi connectivity index (χ4n) is 2.28. The van der Waals surface area contributed by atoms with Gasteiger partial charge in [-0.15, -0.1) is 0 Å². The van der Waals surface area contributed by atoms with Crippen LogP contribution in [0, 0.1) is 5.92 Å². The number of hydrogen-bond acceptors (Lipinski definition) is 3. The molecule has 0 aliphatic heterocycles. The molecule has 2 aromatic rings. The molecule has 1 fully saturated rings. The molecule has 3 rings (SSSR count). The maximum Gasteiger partial charge on any atom is 0.251 e. The lowest BCUT2D eigenvalue weighted by Crippen LogP contribution is -2.32. The van der Waals surface area contributed by atoms with E-state index in [4.69, 9.17) is 0 Å². The van der Waals surface area contributed by atoms with Crippen LogP contribution in [0.15, 0.2) is 54.6 Å². The predicted molar refractivity (Wildman–Crippen MR) is 95.2 cm³/mol. The Morgan fingerprint density at radius 3 is 2.04 bits per heavy atom. The van der Waals surface area contributed by atoms with Crippen molar-refractivity contribution in [1.82, 2.24) is 5.32 Å². The first-order valence-electron chi connectivity index (χ1n) is 8.16. The Bertz CT molecular complexity index is 768. The molecule has 6 heteroatoms. The summed E-state index contributed by atoms with van der Waals surface area (Å²) in [6.45, 7) is -0.117. The van der Waals surface area contributed by atoms with Gasteiger partial charge in [-0.2, -0.15) is 0 Å². The topological polar surface area (TPSA) is 87.3 Å². The van der Waals surface area contributed by atoms with E-state index in [1.807, 2.05) is 6.07 Å². The van der Waals surface area contributed by atoms with Gasteiger partial charge in [0, 0.05) is 22.9 Å². The summed E-state index contributed by atoms with van der Waals surface area (Å²) in [6, 6.07) is 15.6. The zero-order chi connectivity index (χ0) is 17.6. The molecule has 128 valence electrons. The van der Waals surface area contributed by atoms with E-state index in [1.165, 1.54) is 0 Å². The highest BCUT2D eigenvalue weighted by molar-refractivity contribution is 5.99. The monoisotopic (exact) mass is 337 g/mol. The van der Waals surface area contributed by atoms with Crippen LogP contribution in [0.3, 0.4) is 0 Å². The van der Waals surface area contributed by atoms with Gasteiger partial charge >= 0.3 is 0 Å². The van der Waals surface area contributed by atoms with Crippen LogP contribution in [0.4, 0.5) is 11.4 Å². The molecule has 3 N–H and O–H groups in total. The van der Waals surface area contributed by atoms with Gasteiger partial charge in [-0.05, 0) is 49.2 Å². The quantitative estimate of drug-likeness (QED) is 0.756. The lowest BCUT2D eigenvalue weighted by molar-refractivity contribution is -0.117. The molecule has 3 amide bonds. The lowest BCUT2D eigenvalue weighted by Gasteiger charge is -2.08. The molecule has 1 aliphatic carbocycles. The van der Waals surface area contributed by atoms with Crippen LogP contribution >= 0.6 is 0 Å². The van der Waals surface area contributed by atoms with Gasteiger partial charge in [-0.1, -0.05) is 18.2 Å². The summed E-state index contributed by atoms with van der Waals surface area (Å²) in [5, 5.41) is 8.10. The standard InChI is InChI=1S/C19H19N3O3/c23-17(12-20-18(24)13-4-2-1-3-5-13)21-15-8-10-16(11-9-15)22-19(25)14-6-7-14/h1-5,8-11,14H,6-7,12H2,(H,20,24)(H,21,23)(H,22,25). The van der Waals surface area contributed by atoms with Crippen molar-refractivity contribution in [2.24, 2.45) is 5.92 Å². The van der Waals surface area contributed by atoms with Crippen molar-refractivity contribution in [2.75, 3.05) is 17.2 Å². The molecule has 25 heavy (non-hydrogen) atoms. The van der Waals surface area contributed by atoms with E-state index in [1.54, 1.807) is 48.5 Å². The summed E-state index contributed by atoms with van der Waals surface area (Å²) < 4.78 is 0. The van der Waals surface area contributed by atoms with Crippen LogP contribution in [0.25, 0.3) is 0 Å². The lowest BCUT2D eigenvalue weighted by atomic mass is 10.2. The number of hydrogen-bond donors (Lipinski definition) is 3. The number of carbonyl (C=O) groups is 3. The average Bonchev–Trinajstić information content (AvgIpc) is 3.47. The number of nitrogens with one attached hydrogen (secondary N) is 3. The predicted octanol–water partition coefficient (Wildman–Crippen LogP) is 2.40. The summed E-state index contributed by atoms with van der Waals surface area (Å²) in [4.78, 5) is 35.5. The van der Waals surface area contributed by atoms with Crippen LogP contribution in [-0.2, 0) is 9.59 Å². The van der Waals surface area contributed by atoms with Crippen molar-refractivity contribution < 1.29 is 14.4 Å². The summed E-state index contributed by atoms with van der Waals surface area (Å²) in [7, 11) is 0. The van der Waals surface area contributed by atoms with E-state index >= 15 is 0 Å². The number of rotatable bonds is 6. The zero-order valence-corrected chi connectivity index (χ0v) is 13.6. The minimum Gasteiger partial charge on any atom is -0.343 e. The van der Waals surface area contributed by atoms with Crippen molar-refractivity contribution in [2.45, 2.75) is 12.8 Å². The van der Waals surface area contributed by atoms with E-state index in [9.17, 15) is 14.4 Å². The smallest absolute Gasteiger partial charge is 0.251 e. The van der Waals surface area contributed by atoms with Gasteiger partial charge in [0.1, 0.15) is 0 Å². The van der Waals surface area contributed by atoms with Crippen LogP contribution < -0.4 is 16.0 Å². The number of amides is 3. The summed E-state index contributed by atoms with van der Waals surface area (Å²) in [6.07, 6.45) is 1.91. The summed E-state index contributed by atoms with van der Waals surface area (Å²) >= 11 is 0. The van der Waals surface area contributed by atoms with E-state index in [2.05, 4.69) is 16.0 Å². The van der Waals surface area contributed by atoms with Gasteiger partial charge in [0.15, 0.2) is 0 Å². The van der Waals surface area contributed by atoms with E-state index in [0.29, 0.717) is 16.9 Å². The van der Waals surface area contributed by atoms with Gasteiger partial charge in [0.05, 0.1) is 6.54 Å². The van der Waals surface area contributed by atoms with Crippen molar-refractivity contribution in [3.63, 3.8) is 0 Å². The Balaban J connectivity index is 1.46. The average molecular weight is 337 g/mol. The van der Waals surface area contributed by atoms with E-state index in [-0.39, 0.29) is 30.2 Å². The highest BCUT2D eigenvalue weighted by Gasteiger charge is 2.29. The molecule has 0 spiro atoms. The molecular weight excluding hydrogens is 318 g/mol. The molecule has 1 aliphatic rings. The normalized spacial score (nSPS) is 13.0. The molecule has 6 nitrogen and oxygen atoms in total. The maximum atomic E-state index is 11.9. The Morgan fingerprint density at radius 1 is 0.840 bits per heavy atom. The van der Waals surface area contributed by atoms with Gasteiger partial charge < -0.3 is 16.0 Å². The number of anilines is 2. The SMILES string of the molecule is O=C(CNC(=O)c1ccccc1)Nc1ccc(NC(=O)C2CC2)cc1. The number of benzene rings is 2. The molecule has 2 aromatic carbocycles. The first kappa shape index (κ1) is 16.7. The van der Waals surface area contributed by atoms with Crippen LogP contribution in [0.2, 0.25) is 0 Å². The minimum absolute atomic E-state index is 0.0420. The molecule has 0 aromatic heterocycles. The Hall–Kier alpha value is -3.15. The fourth-order valence-corrected chi connectivity index (χ4v) is 2.28. The van der Waals surface area contributed by atoms with Crippen molar-refractivity contribution in [3.8, 4) is 0 Å². The molecular formula is C19H19N3O3. The Morgan fingerprint density at radius 2 is 1.44 bits per heavy atom. The van der Waals surface area contributed by atoms with Crippen LogP contribution in [-0.4, -0.2) is 24.3 Å². The van der Waals surface area contributed by atoms with Gasteiger partial charge in [-0.3, -0.25) is 14.4 Å². The molecule has 0 unspecified atom stereocenters. The Kier molecular flexibility index (Phi) is 5.09. The molecule has 0 atom stereocenters. The molecule has 0 heterocycles.